The molecule has 0 aliphatic heterocycles. The predicted molar refractivity (Wildman–Crippen MR) is 85.5 cm³/mol. The summed E-state index contributed by atoms with van der Waals surface area (Å²) in [6.45, 7) is 2.06. The van der Waals surface area contributed by atoms with Crippen molar-refractivity contribution in [1.29, 1.82) is 0 Å². The molecule has 2 rings (SSSR count). The number of hydrogen-bond donors (Lipinski definition) is 2. The van der Waals surface area contributed by atoms with Crippen LogP contribution < -0.4 is 10.2 Å². The Morgan fingerprint density at radius 3 is 2.64 bits per heavy atom. The standard InChI is InChI=1S/C17H18N2O3/c1-3-12-4-6-13(7-5-12)17(21)19-18-11-14-10-15(22-2)8-9-16(14)20/h4-11,20H,3H2,1-2H3,(H,19,21)/b18-11+. The topological polar surface area (TPSA) is 70.9 Å². The van der Waals surface area contributed by atoms with Crippen LogP contribution >= 0.6 is 0 Å². The first-order valence-corrected chi connectivity index (χ1v) is 6.93. The van der Waals surface area contributed by atoms with E-state index >= 15 is 0 Å². The number of phenols is 1. The Kier molecular flexibility index (Phi) is 5.14. The minimum absolute atomic E-state index is 0.0612. The molecule has 0 aliphatic rings. The number of ether oxygens (including phenoxy) is 1. The molecule has 0 aromatic heterocycles. The third-order valence-electron chi connectivity index (χ3n) is 3.23. The van der Waals surface area contributed by atoms with E-state index in [2.05, 4.69) is 17.5 Å². The van der Waals surface area contributed by atoms with Crippen LogP contribution in [0.25, 0.3) is 0 Å². The van der Waals surface area contributed by atoms with Gasteiger partial charge in [0.1, 0.15) is 11.5 Å². The summed E-state index contributed by atoms with van der Waals surface area (Å²) in [5.74, 6) is 0.355. The Morgan fingerprint density at radius 1 is 1.27 bits per heavy atom. The van der Waals surface area contributed by atoms with Crippen molar-refractivity contribution in [3.05, 3.63) is 59.2 Å². The smallest absolute Gasteiger partial charge is 0.271 e. The van der Waals surface area contributed by atoms with Crippen LogP contribution in [0.4, 0.5) is 0 Å². The van der Waals surface area contributed by atoms with Gasteiger partial charge < -0.3 is 9.84 Å². The first-order valence-electron chi connectivity index (χ1n) is 6.93. The van der Waals surface area contributed by atoms with Crippen molar-refractivity contribution in [1.82, 2.24) is 5.43 Å². The van der Waals surface area contributed by atoms with Crippen LogP contribution in [0.2, 0.25) is 0 Å². The first-order chi connectivity index (χ1) is 10.6. The molecule has 0 radical (unpaired) electrons. The van der Waals surface area contributed by atoms with Crippen molar-refractivity contribution in [2.45, 2.75) is 13.3 Å². The van der Waals surface area contributed by atoms with E-state index in [4.69, 9.17) is 4.74 Å². The molecule has 5 nitrogen and oxygen atoms in total. The summed E-state index contributed by atoms with van der Waals surface area (Å²) in [4.78, 5) is 11.9. The van der Waals surface area contributed by atoms with E-state index in [1.165, 1.54) is 25.0 Å². The number of benzene rings is 2. The molecule has 1 amide bonds. The number of aromatic hydroxyl groups is 1. The number of carbonyl (C=O) groups is 1. The van der Waals surface area contributed by atoms with E-state index in [-0.39, 0.29) is 11.7 Å². The number of hydrogen-bond acceptors (Lipinski definition) is 4. The molecule has 0 bridgehead atoms. The maximum atomic E-state index is 11.9. The Hall–Kier alpha value is -2.82. The van der Waals surface area contributed by atoms with E-state index in [9.17, 15) is 9.90 Å². The Labute approximate surface area is 129 Å². The highest BCUT2D eigenvalue weighted by atomic mass is 16.5. The van der Waals surface area contributed by atoms with Crippen molar-refractivity contribution in [2.24, 2.45) is 5.10 Å². The first kappa shape index (κ1) is 15.6. The van der Waals surface area contributed by atoms with Gasteiger partial charge in [-0.2, -0.15) is 5.10 Å². The van der Waals surface area contributed by atoms with Gasteiger partial charge >= 0.3 is 0 Å². The largest absolute Gasteiger partial charge is 0.507 e. The number of amides is 1. The highest BCUT2D eigenvalue weighted by molar-refractivity contribution is 5.95. The number of methoxy groups -OCH3 is 1. The minimum atomic E-state index is -0.304. The lowest BCUT2D eigenvalue weighted by molar-refractivity contribution is 0.0955. The second-order valence-corrected chi connectivity index (χ2v) is 4.67. The molecule has 2 aromatic carbocycles. The fraction of sp³-hybridized carbons (Fsp3) is 0.176. The summed E-state index contributed by atoms with van der Waals surface area (Å²) in [7, 11) is 1.54. The summed E-state index contributed by atoms with van der Waals surface area (Å²) in [6, 6.07) is 12.1. The lowest BCUT2D eigenvalue weighted by Gasteiger charge is -2.03. The molecule has 114 valence electrons. The number of nitrogens with zero attached hydrogens (tertiary/aromatic N) is 1. The molecule has 0 heterocycles. The third-order valence-corrected chi connectivity index (χ3v) is 3.23. The number of carbonyl (C=O) groups excluding carboxylic acids is 1. The number of nitrogens with one attached hydrogen (secondary N) is 1. The number of aryl methyl sites for hydroxylation is 1. The van der Waals surface area contributed by atoms with Crippen LogP contribution in [0.3, 0.4) is 0 Å². The Bertz CT molecular complexity index is 679. The molecule has 5 heteroatoms. The van der Waals surface area contributed by atoms with Crippen molar-refractivity contribution in [2.75, 3.05) is 7.11 Å². The van der Waals surface area contributed by atoms with E-state index in [0.29, 0.717) is 16.9 Å². The maximum Gasteiger partial charge on any atom is 0.271 e. The van der Waals surface area contributed by atoms with Gasteiger partial charge in [0.15, 0.2) is 0 Å². The zero-order chi connectivity index (χ0) is 15.9. The number of phenolic OH excluding ortho intramolecular Hbond substituents is 1. The van der Waals surface area contributed by atoms with Crippen molar-refractivity contribution >= 4 is 12.1 Å². The summed E-state index contributed by atoms with van der Waals surface area (Å²) < 4.78 is 5.07. The normalized spacial score (nSPS) is 10.6. The Balaban J connectivity index is 2.03. The van der Waals surface area contributed by atoms with Gasteiger partial charge in [-0.3, -0.25) is 4.79 Å². The summed E-state index contributed by atoms with van der Waals surface area (Å²) in [5, 5.41) is 13.6. The zero-order valence-electron chi connectivity index (χ0n) is 12.5. The van der Waals surface area contributed by atoms with E-state index in [0.717, 1.165) is 6.42 Å². The Morgan fingerprint density at radius 2 is 2.00 bits per heavy atom. The zero-order valence-corrected chi connectivity index (χ0v) is 12.5. The fourth-order valence-electron chi connectivity index (χ4n) is 1.88. The second kappa shape index (κ2) is 7.26. The van der Waals surface area contributed by atoms with Gasteiger partial charge in [0, 0.05) is 11.1 Å². The van der Waals surface area contributed by atoms with Crippen molar-refractivity contribution in [3.8, 4) is 11.5 Å². The molecule has 0 atom stereocenters. The molecular weight excluding hydrogens is 280 g/mol. The van der Waals surface area contributed by atoms with Gasteiger partial charge in [-0.15, -0.1) is 0 Å². The number of rotatable bonds is 5. The number of hydrazone groups is 1. The van der Waals surface area contributed by atoms with Gasteiger partial charge in [0.05, 0.1) is 13.3 Å². The highest BCUT2D eigenvalue weighted by Crippen LogP contribution is 2.20. The molecule has 0 spiro atoms. The molecule has 0 saturated heterocycles. The molecule has 2 N–H and O–H groups in total. The van der Waals surface area contributed by atoms with Gasteiger partial charge in [0.25, 0.3) is 5.91 Å². The average molecular weight is 298 g/mol. The highest BCUT2D eigenvalue weighted by Gasteiger charge is 2.04. The van der Waals surface area contributed by atoms with Crippen molar-refractivity contribution < 1.29 is 14.6 Å². The molecule has 0 aliphatic carbocycles. The van der Waals surface area contributed by atoms with Crippen LogP contribution in [0.5, 0.6) is 11.5 Å². The summed E-state index contributed by atoms with van der Waals surface area (Å²) in [6.07, 6.45) is 2.30. The molecule has 0 unspecified atom stereocenters. The summed E-state index contributed by atoms with van der Waals surface area (Å²) >= 11 is 0. The minimum Gasteiger partial charge on any atom is -0.507 e. The van der Waals surface area contributed by atoms with Crippen LogP contribution in [0.15, 0.2) is 47.6 Å². The van der Waals surface area contributed by atoms with E-state index < -0.39 is 0 Å². The summed E-state index contributed by atoms with van der Waals surface area (Å²) in [5.41, 5.74) is 4.59. The predicted octanol–water partition coefficient (Wildman–Crippen LogP) is 2.73. The van der Waals surface area contributed by atoms with Crippen LogP contribution in [-0.4, -0.2) is 24.3 Å². The molecule has 0 saturated carbocycles. The monoisotopic (exact) mass is 298 g/mol. The van der Waals surface area contributed by atoms with Crippen LogP contribution in [-0.2, 0) is 6.42 Å². The van der Waals surface area contributed by atoms with Crippen molar-refractivity contribution in [3.63, 3.8) is 0 Å². The molecule has 22 heavy (non-hydrogen) atoms. The van der Waals surface area contributed by atoms with E-state index in [1.807, 2.05) is 12.1 Å². The fourth-order valence-corrected chi connectivity index (χ4v) is 1.88. The van der Waals surface area contributed by atoms with Gasteiger partial charge in [-0.1, -0.05) is 19.1 Å². The SMILES string of the molecule is CCc1ccc(C(=O)N/N=C/c2cc(OC)ccc2O)cc1. The van der Waals surface area contributed by atoms with Gasteiger partial charge in [-0.05, 0) is 42.3 Å². The second-order valence-electron chi connectivity index (χ2n) is 4.67. The van der Waals surface area contributed by atoms with Crippen LogP contribution in [0, 0.1) is 0 Å². The molecule has 2 aromatic rings. The lowest BCUT2D eigenvalue weighted by atomic mass is 10.1. The molecular formula is C17H18N2O3. The van der Waals surface area contributed by atoms with Crippen LogP contribution in [0.1, 0.15) is 28.4 Å². The lowest BCUT2D eigenvalue weighted by Crippen LogP contribution is -2.17. The van der Waals surface area contributed by atoms with Gasteiger partial charge in [0.2, 0.25) is 0 Å². The maximum absolute atomic E-state index is 11.9. The quantitative estimate of drug-likeness (QED) is 0.658. The molecule has 0 fully saturated rings. The third kappa shape index (κ3) is 3.85. The van der Waals surface area contributed by atoms with Gasteiger partial charge in [-0.25, -0.2) is 5.43 Å². The van der Waals surface area contributed by atoms with E-state index in [1.54, 1.807) is 24.3 Å². The average Bonchev–Trinajstić information content (AvgIpc) is 2.56.